The SMILES string of the molecule is CN1C[C@@H]2C(CCOc3cc4ncnc(Nc5ccc(F)c(Cl)c5)c4cc3[N+](=O)[O-])[C@@H]2C1. The molecule has 1 aromatic heterocycles. The molecule has 3 atom stereocenters. The van der Waals surface area contributed by atoms with Crippen LogP contribution in [0.5, 0.6) is 5.75 Å². The first-order chi connectivity index (χ1) is 15.4. The molecular weight excluding hydrogens is 437 g/mol. The predicted molar refractivity (Wildman–Crippen MR) is 119 cm³/mol. The van der Waals surface area contributed by atoms with E-state index < -0.39 is 10.7 Å². The molecule has 0 spiro atoms. The van der Waals surface area contributed by atoms with E-state index in [1.54, 1.807) is 6.07 Å². The van der Waals surface area contributed by atoms with Gasteiger partial charge in [0.2, 0.25) is 0 Å². The Bertz CT molecular complexity index is 1200. The first kappa shape index (κ1) is 20.8. The summed E-state index contributed by atoms with van der Waals surface area (Å²) in [4.78, 5) is 22.0. The first-order valence-corrected chi connectivity index (χ1v) is 10.7. The van der Waals surface area contributed by atoms with Crippen molar-refractivity contribution < 1.29 is 14.1 Å². The van der Waals surface area contributed by atoms with E-state index in [1.165, 1.54) is 30.6 Å². The van der Waals surface area contributed by atoms with Gasteiger partial charge in [-0.15, -0.1) is 0 Å². The summed E-state index contributed by atoms with van der Waals surface area (Å²) in [5, 5.41) is 15.2. The molecule has 1 aliphatic carbocycles. The molecule has 0 amide bonds. The lowest BCUT2D eigenvalue weighted by Crippen LogP contribution is -2.19. The van der Waals surface area contributed by atoms with Crippen molar-refractivity contribution in [3.63, 3.8) is 0 Å². The van der Waals surface area contributed by atoms with Crippen LogP contribution in [0.2, 0.25) is 5.02 Å². The number of hydrogen-bond acceptors (Lipinski definition) is 7. The maximum Gasteiger partial charge on any atom is 0.311 e. The third-order valence-electron chi connectivity index (χ3n) is 6.36. The molecule has 1 N–H and O–H groups in total. The summed E-state index contributed by atoms with van der Waals surface area (Å²) < 4.78 is 19.3. The highest BCUT2D eigenvalue weighted by atomic mass is 35.5. The van der Waals surface area contributed by atoms with Gasteiger partial charge in [0.1, 0.15) is 18.0 Å². The van der Waals surface area contributed by atoms with E-state index in [0.29, 0.717) is 34.9 Å². The second-order valence-corrected chi connectivity index (χ2v) is 8.83. The van der Waals surface area contributed by atoms with Crippen molar-refractivity contribution in [2.45, 2.75) is 6.42 Å². The van der Waals surface area contributed by atoms with E-state index in [0.717, 1.165) is 31.3 Å². The average Bonchev–Trinajstić information content (AvgIpc) is 3.21. The van der Waals surface area contributed by atoms with Gasteiger partial charge < -0.3 is 15.0 Å². The second kappa shape index (κ2) is 8.14. The molecule has 2 fully saturated rings. The highest BCUT2D eigenvalue weighted by molar-refractivity contribution is 6.31. The number of nitrogens with zero attached hydrogens (tertiary/aromatic N) is 4. The maximum absolute atomic E-state index is 13.4. The molecule has 1 unspecified atom stereocenters. The Morgan fingerprint density at radius 1 is 1.28 bits per heavy atom. The zero-order valence-electron chi connectivity index (χ0n) is 17.3. The van der Waals surface area contributed by atoms with Crippen molar-refractivity contribution >= 4 is 39.7 Å². The van der Waals surface area contributed by atoms with Crippen LogP contribution in [0.1, 0.15) is 6.42 Å². The molecule has 3 aromatic rings. The summed E-state index contributed by atoms with van der Waals surface area (Å²) in [6, 6.07) is 7.13. The smallest absolute Gasteiger partial charge is 0.311 e. The fraction of sp³-hybridized carbons (Fsp3) is 0.364. The zero-order valence-corrected chi connectivity index (χ0v) is 18.1. The van der Waals surface area contributed by atoms with E-state index in [1.807, 2.05) is 0 Å². The van der Waals surface area contributed by atoms with E-state index in [4.69, 9.17) is 16.3 Å². The van der Waals surface area contributed by atoms with Crippen molar-refractivity contribution in [3.05, 3.63) is 57.6 Å². The van der Waals surface area contributed by atoms with E-state index >= 15 is 0 Å². The van der Waals surface area contributed by atoms with Crippen molar-refractivity contribution in [1.29, 1.82) is 0 Å². The fourth-order valence-corrected chi connectivity index (χ4v) is 4.91. The zero-order chi connectivity index (χ0) is 22.4. The van der Waals surface area contributed by atoms with Gasteiger partial charge in [0, 0.05) is 30.9 Å². The lowest BCUT2D eigenvalue weighted by molar-refractivity contribution is -0.385. The number of benzene rings is 2. The minimum Gasteiger partial charge on any atom is -0.487 e. The summed E-state index contributed by atoms with van der Waals surface area (Å²) >= 11 is 5.84. The number of fused-ring (bicyclic) bond motifs is 2. The van der Waals surface area contributed by atoms with Gasteiger partial charge in [-0.3, -0.25) is 10.1 Å². The Morgan fingerprint density at radius 2 is 2.06 bits per heavy atom. The molecule has 2 aliphatic rings. The van der Waals surface area contributed by atoms with E-state index in [9.17, 15) is 14.5 Å². The second-order valence-electron chi connectivity index (χ2n) is 8.42. The number of nitro benzene ring substituents is 1. The highest BCUT2D eigenvalue weighted by Crippen LogP contribution is 2.53. The van der Waals surface area contributed by atoms with Crippen LogP contribution in [-0.4, -0.2) is 46.5 Å². The normalized spacial score (nSPS) is 22.0. The monoisotopic (exact) mass is 457 g/mol. The molecule has 10 heteroatoms. The quantitative estimate of drug-likeness (QED) is 0.407. The molecule has 0 radical (unpaired) electrons. The molecule has 0 bridgehead atoms. The van der Waals surface area contributed by atoms with Crippen molar-refractivity contribution in [1.82, 2.24) is 14.9 Å². The van der Waals surface area contributed by atoms with Crippen LogP contribution in [0.4, 0.5) is 21.6 Å². The lowest BCUT2D eigenvalue weighted by Gasteiger charge is -2.13. The number of nitro groups is 1. The molecule has 8 nitrogen and oxygen atoms in total. The van der Waals surface area contributed by atoms with Crippen molar-refractivity contribution in [2.75, 3.05) is 32.1 Å². The third-order valence-corrected chi connectivity index (χ3v) is 6.65. The van der Waals surface area contributed by atoms with Crippen molar-refractivity contribution in [3.8, 4) is 5.75 Å². The van der Waals surface area contributed by atoms with Crippen LogP contribution in [0.3, 0.4) is 0 Å². The van der Waals surface area contributed by atoms with Gasteiger partial charge in [-0.1, -0.05) is 11.6 Å². The molecule has 1 aliphatic heterocycles. The third kappa shape index (κ3) is 3.93. The fourth-order valence-electron chi connectivity index (χ4n) is 4.73. The van der Waals surface area contributed by atoms with Gasteiger partial charge >= 0.3 is 5.69 Å². The standard InChI is InChI=1S/C22H21ClFN5O3/c1-28-9-15-13(16(15)10-28)4-5-32-21-8-19-14(7-20(21)29(30)31)22(26-11-25-19)27-12-2-3-18(24)17(23)6-12/h2-3,6-8,11,13,15-16H,4-5,9-10H2,1H3,(H,25,26,27)/t13?,15-,16+. The largest absolute Gasteiger partial charge is 0.487 e. The molecule has 1 saturated carbocycles. The Balaban J connectivity index is 1.37. The van der Waals surface area contributed by atoms with Gasteiger partial charge in [-0.25, -0.2) is 14.4 Å². The number of piperidine rings is 1. The summed E-state index contributed by atoms with van der Waals surface area (Å²) in [6.45, 7) is 2.67. The van der Waals surface area contributed by atoms with Crippen molar-refractivity contribution in [2.24, 2.45) is 17.8 Å². The number of likely N-dealkylation sites (tertiary alicyclic amines) is 1. The van der Waals surface area contributed by atoms with Crippen LogP contribution >= 0.6 is 11.6 Å². The van der Waals surface area contributed by atoms with Gasteiger partial charge in [-0.05, 0) is 49.4 Å². The van der Waals surface area contributed by atoms with E-state index in [2.05, 4.69) is 27.2 Å². The summed E-state index contributed by atoms with van der Waals surface area (Å²) in [5.41, 5.74) is 0.851. The topological polar surface area (TPSA) is 93.4 Å². The average molecular weight is 458 g/mol. The Labute approximate surface area is 188 Å². The van der Waals surface area contributed by atoms with Crippen LogP contribution in [0.15, 0.2) is 36.7 Å². The minimum absolute atomic E-state index is 0.0403. The molecule has 32 heavy (non-hydrogen) atoms. The summed E-state index contributed by atoms with van der Waals surface area (Å²) in [7, 11) is 2.13. The molecule has 1 saturated heterocycles. The maximum atomic E-state index is 13.4. The number of hydrogen-bond donors (Lipinski definition) is 1. The van der Waals surface area contributed by atoms with Crippen LogP contribution in [-0.2, 0) is 0 Å². The molecule has 2 aromatic carbocycles. The molecule has 2 heterocycles. The van der Waals surface area contributed by atoms with Gasteiger partial charge in [0.05, 0.1) is 27.5 Å². The summed E-state index contributed by atoms with van der Waals surface area (Å²) in [5.74, 6) is 2.12. The number of halogens is 2. The Hall–Kier alpha value is -3.04. The molecule has 166 valence electrons. The van der Waals surface area contributed by atoms with Crippen LogP contribution in [0.25, 0.3) is 10.9 Å². The van der Waals surface area contributed by atoms with Gasteiger partial charge in [-0.2, -0.15) is 0 Å². The Morgan fingerprint density at radius 3 is 2.78 bits per heavy atom. The number of rotatable bonds is 7. The highest BCUT2D eigenvalue weighted by Gasteiger charge is 2.53. The van der Waals surface area contributed by atoms with Gasteiger partial charge in [0.25, 0.3) is 0 Å². The lowest BCUT2D eigenvalue weighted by atomic mass is 10.2. The molecular formula is C22H21ClFN5O3. The number of aromatic nitrogens is 2. The number of ether oxygens (including phenoxy) is 1. The number of nitrogens with one attached hydrogen (secondary N) is 1. The van der Waals surface area contributed by atoms with E-state index in [-0.39, 0.29) is 16.5 Å². The summed E-state index contributed by atoms with van der Waals surface area (Å²) in [6.07, 6.45) is 2.24. The Kier molecular flexibility index (Phi) is 5.30. The molecule has 5 rings (SSSR count). The van der Waals surface area contributed by atoms with Gasteiger partial charge in [0.15, 0.2) is 5.75 Å². The first-order valence-electron chi connectivity index (χ1n) is 10.4. The van der Waals surface area contributed by atoms with Crippen LogP contribution in [0, 0.1) is 33.7 Å². The van der Waals surface area contributed by atoms with Crippen LogP contribution < -0.4 is 10.1 Å². The number of anilines is 2. The predicted octanol–water partition coefficient (Wildman–Crippen LogP) is 4.65. The minimum atomic E-state index is -0.538.